The lowest BCUT2D eigenvalue weighted by Crippen LogP contribution is -2.19. The fraction of sp³-hybridized carbons (Fsp3) is 0.167. The van der Waals surface area contributed by atoms with Crippen molar-refractivity contribution in [3.63, 3.8) is 0 Å². The minimum atomic E-state index is -1.14. The SMILES string of the molecule is CC(=O)N/C(=C/C(=O)O)c1ccc(CO)cc1. The van der Waals surface area contributed by atoms with Crippen LogP contribution in [0.1, 0.15) is 18.1 Å². The average molecular weight is 235 g/mol. The van der Waals surface area contributed by atoms with Gasteiger partial charge in [-0.05, 0) is 11.1 Å². The van der Waals surface area contributed by atoms with Crippen LogP contribution >= 0.6 is 0 Å². The second-order valence-electron chi connectivity index (χ2n) is 3.43. The Morgan fingerprint density at radius 2 is 1.88 bits per heavy atom. The van der Waals surface area contributed by atoms with Crippen LogP contribution in [0.15, 0.2) is 30.3 Å². The highest BCUT2D eigenvalue weighted by molar-refractivity contribution is 5.94. The van der Waals surface area contributed by atoms with Crippen LogP contribution in [0.5, 0.6) is 0 Å². The van der Waals surface area contributed by atoms with Crippen molar-refractivity contribution in [2.45, 2.75) is 13.5 Å². The quantitative estimate of drug-likeness (QED) is 0.672. The maximum absolute atomic E-state index is 10.9. The minimum Gasteiger partial charge on any atom is -0.478 e. The van der Waals surface area contributed by atoms with Crippen LogP contribution in [0.25, 0.3) is 5.70 Å². The van der Waals surface area contributed by atoms with E-state index in [9.17, 15) is 9.59 Å². The molecule has 0 aliphatic carbocycles. The smallest absolute Gasteiger partial charge is 0.330 e. The number of aliphatic hydroxyl groups excluding tert-OH is 1. The second kappa shape index (κ2) is 5.81. The van der Waals surface area contributed by atoms with Gasteiger partial charge in [-0.3, -0.25) is 4.79 Å². The predicted octanol–water partition coefficient (Wildman–Crippen LogP) is 0.741. The number of carboxylic acid groups (broad SMARTS) is 1. The van der Waals surface area contributed by atoms with Gasteiger partial charge in [-0.1, -0.05) is 24.3 Å². The van der Waals surface area contributed by atoms with Gasteiger partial charge in [-0.2, -0.15) is 0 Å². The van der Waals surface area contributed by atoms with Gasteiger partial charge in [0.05, 0.1) is 12.3 Å². The molecule has 0 aliphatic rings. The number of aliphatic hydroxyl groups is 1. The van der Waals surface area contributed by atoms with Crippen molar-refractivity contribution >= 4 is 17.6 Å². The topological polar surface area (TPSA) is 86.6 Å². The van der Waals surface area contributed by atoms with E-state index in [0.29, 0.717) is 11.1 Å². The molecule has 0 aliphatic heterocycles. The molecule has 1 aromatic rings. The largest absolute Gasteiger partial charge is 0.478 e. The van der Waals surface area contributed by atoms with E-state index in [4.69, 9.17) is 10.2 Å². The van der Waals surface area contributed by atoms with Crippen molar-refractivity contribution in [2.75, 3.05) is 0 Å². The van der Waals surface area contributed by atoms with Crippen LogP contribution in [0, 0.1) is 0 Å². The number of rotatable bonds is 4. The Balaban J connectivity index is 3.04. The predicted molar refractivity (Wildman–Crippen MR) is 61.8 cm³/mol. The standard InChI is InChI=1S/C12H13NO4/c1-8(15)13-11(6-12(16)17)10-4-2-9(7-14)3-5-10/h2-6,14H,7H2,1H3,(H,13,15)(H,16,17)/b11-6+. The van der Waals surface area contributed by atoms with Gasteiger partial charge >= 0.3 is 5.97 Å². The number of amides is 1. The molecule has 0 unspecified atom stereocenters. The highest BCUT2D eigenvalue weighted by Crippen LogP contribution is 2.13. The summed E-state index contributed by atoms with van der Waals surface area (Å²) in [5.74, 6) is -1.48. The average Bonchev–Trinajstić information content (AvgIpc) is 2.27. The number of carbonyl (C=O) groups is 2. The van der Waals surface area contributed by atoms with E-state index < -0.39 is 5.97 Å². The molecule has 1 aromatic carbocycles. The number of carbonyl (C=O) groups excluding carboxylic acids is 1. The van der Waals surface area contributed by atoms with Gasteiger partial charge in [0.2, 0.25) is 5.91 Å². The summed E-state index contributed by atoms with van der Waals surface area (Å²) >= 11 is 0. The van der Waals surface area contributed by atoms with E-state index in [-0.39, 0.29) is 18.2 Å². The molecule has 1 amide bonds. The zero-order chi connectivity index (χ0) is 12.8. The van der Waals surface area contributed by atoms with E-state index in [1.165, 1.54) is 6.92 Å². The van der Waals surface area contributed by atoms with Crippen molar-refractivity contribution in [3.8, 4) is 0 Å². The Bertz CT molecular complexity index is 448. The molecule has 0 aromatic heterocycles. The summed E-state index contributed by atoms with van der Waals surface area (Å²) in [6.07, 6.45) is 0.926. The molecule has 5 heteroatoms. The zero-order valence-electron chi connectivity index (χ0n) is 9.30. The molecule has 0 saturated carbocycles. The summed E-state index contributed by atoms with van der Waals surface area (Å²) < 4.78 is 0. The third-order valence-corrected chi connectivity index (χ3v) is 2.03. The van der Waals surface area contributed by atoms with Crippen LogP contribution < -0.4 is 5.32 Å². The number of nitrogens with one attached hydrogen (secondary N) is 1. The molecule has 0 heterocycles. The molecule has 0 radical (unpaired) electrons. The Morgan fingerprint density at radius 3 is 2.29 bits per heavy atom. The molecule has 0 fully saturated rings. The van der Waals surface area contributed by atoms with Crippen molar-refractivity contribution in [1.82, 2.24) is 5.32 Å². The summed E-state index contributed by atoms with van der Waals surface area (Å²) in [5, 5.41) is 20.0. The molecule has 17 heavy (non-hydrogen) atoms. The molecule has 90 valence electrons. The maximum atomic E-state index is 10.9. The van der Waals surface area contributed by atoms with Crippen molar-refractivity contribution in [2.24, 2.45) is 0 Å². The minimum absolute atomic E-state index is 0.0849. The fourth-order valence-corrected chi connectivity index (χ4v) is 1.29. The first-order chi connectivity index (χ1) is 8.02. The third-order valence-electron chi connectivity index (χ3n) is 2.03. The number of carboxylic acids is 1. The Hall–Kier alpha value is -2.14. The van der Waals surface area contributed by atoms with Crippen LogP contribution in [-0.4, -0.2) is 22.1 Å². The number of hydrogen-bond acceptors (Lipinski definition) is 3. The second-order valence-corrected chi connectivity index (χ2v) is 3.43. The van der Waals surface area contributed by atoms with Gasteiger partial charge in [0.25, 0.3) is 0 Å². The van der Waals surface area contributed by atoms with Crippen molar-refractivity contribution < 1.29 is 19.8 Å². The molecule has 1 rings (SSSR count). The third kappa shape index (κ3) is 4.08. The molecule has 5 nitrogen and oxygen atoms in total. The van der Waals surface area contributed by atoms with E-state index >= 15 is 0 Å². The number of aliphatic carboxylic acids is 1. The lowest BCUT2D eigenvalue weighted by atomic mass is 10.1. The summed E-state index contributed by atoms with van der Waals surface area (Å²) in [5.41, 5.74) is 1.50. The summed E-state index contributed by atoms with van der Waals surface area (Å²) in [4.78, 5) is 21.6. The normalized spacial score (nSPS) is 11.1. The fourth-order valence-electron chi connectivity index (χ4n) is 1.29. The highest BCUT2D eigenvalue weighted by Gasteiger charge is 2.05. The Morgan fingerprint density at radius 1 is 1.29 bits per heavy atom. The molecule has 0 atom stereocenters. The molecular weight excluding hydrogens is 222 g/mol. The lowest BCUT2D eigenvalue weighted by Gasteiger charge is -2.08. The summed E-state index contributed by atoms with van der Waals surface area (Å²) in [6.45, 7) is 1.22. The van der Waals surface area contributed by atoms with Gasteiger partial charge in [-0.15, -0.1) is 0 Å². The summed E-state index contributed by atoms with van der Waals surface area (Å²) in [7, 11) is 0. The first kappa shape index (κ1) is 12.9. The first-order valence-electron chi connectivity index (χ1n) is 4.95. The molecule has 0 bridgehead atoms. The van der Waals surface area contributed by atoms with Gasteiger partial charge in [0.15, 0.2) is 0 Å². The van der Waals surface area contributed by atoms with Crippen LogP contribution in [0.4, 0.5) is 0 Å². The van der Waals surface area contributed by atoms with Gasteiger partial charge < -0.3 is 15.5 Å². The monoisotopic (exact) mass is 235 g/mol. The first-order valence-corrected chi connectivity index (χ1v) is 4.95. The molecule has 0 spiro atoms. The maximum Gasteiger partial charge on any atom is 0.330 e. The number of benzene rings is 1. The Labute approximate surface area is 98.4 Å². The molecular formula is C12H13NO4. The zero-order valence-corrected chi connectivity index (χ0v) is 9.30. The van der Waals surface area contributed by atoms with Gasteiger partial charge in [0, 0.05) is 13.0 Å². The van der Waals surface area contributed by atoms with Crippen molar-refractivity contribution in [3.05, 3.63) is 41.5 Å². The van der Waals surface area contributed by atoms with Gasteiger partial charge in [0.1, 0.15) is 0 Å². The van der Waals surface area contributed by atoms with Crippen LogP contribution in [0.2, 0.25) is 0 Å². The van der Waals surface area contributed by atoms with E-state index in [2.05, 4.69) is 5.32 Å². The number of hydrogen-bond donors (Lipinski definition) is 3. The van der Waals surface area contributed by atoms with E-state index in [1.807, 2.05) is 0 Å². The van der Waals surface area contributed by atoms with E-state index in [1.54, 1.807) is 24.3 Å². The van der Waals surface area contributed by atoms with Crippen LogP contribution in [0.3, 0.4) is 0 Å². The van der Waals surface area contributed by atoms with Crippen molar-refractivity contribution in [1.29, 1.82) is 0 Å². The van der Waals surface area contributed by atoms with E-state index in [0.717, 1.165) is 6.08 Å². The van der Waals surface area contributed by atoms with Gasteiger partial charge in [-0.25, -0.2) is 4.79 Å². The molecule has 3 N–H and O–H groups in total. The molecule has 0 saturated heterocycles. The highest BCUT2D eigenvalue weighted by atomic mass is 16.4. The van der Waals surface area contributed by atoms with Crippen LogP contribution in [-0.2, 0) is 16.2 Å². The summed E-state index contributed by atoms with van der Waals surface area (Å²) in [6, 6.07) is 6.59. The lowest BCUT2D eigenvalue weighted by molar-refractivity contribution is -0.131. The Kier molecular flexibility index (Phi) is 4.42.